The molecule has 0 saturated heterocycles. The smallest absolute Gasteiger partial charge is 0.344 e. The topological polar surface area (TPSA) is 74.4 Å². The molecule has 0 fully saturated rings. The van der Waals surface area contributed by atoms with Crippen LogP contribution in [0.1, 0.15) is 6.92 Å². The van der Waals surface area contributed by atoms with Gasteiger partial charge < -0.3 is 15.2 Å². The molecule has 0 bridgehead atoms. The SMILES string of the molecule is CCOC(=O)COc1cccnc1N. The molecule has 5 heteroatoms. The van der Waals surface area contributed by atoms with Crippen LogP contribution >= 0.6 is 0 Å². The monoisotopic (exact) mass is 196 g/mol. The van der Waals surface area contributed by atoms with E-state index < -0.39 is 5.97 Å². The van der Waals surface area contributed by atoms with E-state index in [2.05, 4.69) is 9.72 Å². The van der Waals surface area contributed by atoms with E-state index in [-0.39, 0.29) is 12.4 Å². The summed E-state index contributed by atoms with van der Waals surface area (Å²) in [5, 5.41) is 0. The predicted molar refractivity (Wildman–Crippen MR) is 50.8 cm³/mol. The first-order valence-electron chi connectivity index (χ1n) is 4.23. The number of nitrogen functional groups attached to an aromatic ring is 1. The summed E-state index contributed by atoms with van der Waals surface area (Å²) < 4.78 is 9.77. The molecule has 2 N–H and O–H groups in total. The van der Waals surface area contributed by atoms with Crippen molar-refractivity contribution in [3.63, 3.8) is 0 Å². The second-order valence-electron chi connectivity index (χ2n) is 2.48. The second kappa shape index (κ2) is 5.06. The Morgan fingerprint density at radius 3 is 3.07 bits per heavy atom. The highest BCUT2D eigenvalue weighted by Gasteiger charge is 2.05. The Bertz CT molecular complexity index is 315. The molecule has 1 aromatic rings. The molecular formula is C9H12N2O3. The zero-order valence-electron chi connectivity index (χ0n) is 7.90. The summed E-state index contributed by atoms with van der Waals surface area (Å²) in [6.45, 7) is 1.92. The molecule has 0 spiro atoms. The highest BCUT2D eigenvalue weighted by Crippen LogP contribution is 2.16. The van der Waals surface area contributed by atoms with Crippen LogP contribution in [0.3, 0.4) is 0 Å². The van der Waals surface area contributed by atoms with Gasteiger partial charge >= 0.3 is 5.97 Å². The van der Waals surface area contributed by atoms with E-state index in [1.54, 1.807) is 25.3 Å². The van der Waals surface area contributed by atoms with Gasteiger partial charge in [0, 0.05) is 6.20 Å². The van der Waals surface area contributed by atoms with Gasteiger partial charge in [-0.25, -0.2) is 9.78 Å². The molecular weight excluding hydrogens is 184 g/mol. The number of pyridine rings is 1. The van der Waals surface area contributed by atoms with Gasteiger partial charge in [-0.2, -0.15) is 0 Å². The van der Waals surface area contributed by atoms with Crippen molar-refractivity contribution in [2.24, 2.45) is 0 Å². The number of hydrogen-bond acceptors (Lipinski definition) is 5. The molecule has 0 radical (unpaired) electrons. The fourth-order valence-electron chi connectivity index (χ4n) is 0.864. The Hall–Kier alpha value is -1.78. The molecule has 0 atom stereocenters. The summed E-state index contributed by atoms with van der Waals surface area (Å²) in [7, 11) is 0. The minimum Gasteiger partial charge on any atom is -0.478 e. The average molecular weight is 196 g/mol. The summed E-state index contributed by atoms with van der Waals surface area (Å²) in [4.78, 5) is 14.7. The van der Waals surface area contributed by atoms with Crippen LogP contribution in [0.15, 0.2) is 18.3 Å². The van der Waals surface area contributed by atoms with Crippen LogP contribution in [0.2, 0.25) is 0 Å². The van der Waals surface area contributed by atoms with Crippen LogP contribution in [0, 0.1) is 0 Å². The lowest BCUT2D eigenvalue weighted by molar-refractivity contribution is -0.145. The summed E-state index contributed by atoms with van der Waals surface area (Å²) in [5.74, 6) is 0.230. The van der Waals surface area contributed by atoms with Gasteiger partial charge in [0.2, 0.25) is 0 Å². The quantitative estimate of drug-likeness (QED) is 0.714. The number of carbonyl (C=O) groups is 1. The number of nitrogens with zero attached hydrogens (tertiary/aromatic N) is 1. The Kier molecular flexibility index (Phi) is 3.72. The van der Waals surface area contributed by atoms with Crippen LogP contribution in [0.25, 0.3) is 0 Å². The molecule has 0 aliphatic carbocycles. The van der Waals surface area contributed by atoms with E-state index in [4.69, 9.17) is 10.5 Å². The van der Waals surface area contributed by atoms with Gasteiger partial charge in [-0.3, -0.25) is 0 Å². The summed E-state index contributed by atoms with van der Waals surface area (Å²) in [6, 6.07) is 3.32. The zero-order valence-corrected chi connectivity index (χ0v) is 7.90. The minimum atomic E-state index is -0.421. The van der Waals surface area contributed by atoms with Crippen LogP contribution < -0.4 is 10.5 Å². The number of nitrogens with two attached hydrogens (primary N) is 1. The molecule has 0 aliphatic heterocycles. The van der Waals surface area contributed by atoms with Gasteiger partial charge in [-0.05, 0) is 19.1 Å². The van der Waals surface area contributed by atoms with E-state index in [0.717, 1.165) is 0 Å². The van der Waals surface area contributed by atoms with Gasteiger partial charge in [-0.1, -0.05) is 0 Å². The van der Waals surface area contributed by atoms with E-state index in [9.17, 15) is 4.79 Å². The van der Waals surface area contributed by atoms with Gasteiger partial charge in [0.05, 0.1) is 6.61 Å². The van der Waals surface area contributed by atoms with Crippen molar-refractivity contribution >= 4 is 11.8 Å². The molecule has 0 unspecified atom stereocenters. The third kappa shape index (κ3) is 2.93. The lowest BCUT2D eigenvalue weighted by atomic mass is 10.4. The largest absolute Gasteiger partial charge is 0.478 e. The number of rotatable bonds is 4. The number of carbonyl (C=O) groups excluding carboxylic acids is 1. The van der Waals surface area contributed by atoms with Gasteiger partial charge in [-0.15, -0.1) is 0 Å². The van der Waals surface area contributed by atoms with Crippen LogP contribution in [-0.4, -0.2) is 24.2 Å². The van der Waals surface area contributed by atoms with Crippen LogP contribution in [0.5, 0.6) is 5.75 Å². The Morgan fingerprint density at radius 2 is 2.43 bits per heavy atom. The maximum atomic E-state index is 10.9. The van der Waals surface area contributed by atoms with E-state index >= 15 is 0 Å². The maximum absolute atomic E-state index is 10.9. The highest BCUT2D eigenvalue weighted by atomic mass is 16.6. The first-order chi connectivity index (χ1) is 6.74. The molecule has 1 heterocycles. The van der Waals surface area contributed by atoms with Crippen molar-refractivity contribution in [2.45, 2.75) is 6.92 Å². The number of hydrogen-bond donors (Lipinski definition) is 1. The molecule has 5 nitrogen and oxygen atoms in total. The predicted octanol–water partition coefficient (Wildman–Crippen LogP) is 0.606. The van der Waals surface area contributed by atoms with Crippen molar-refractivity contribution in [3.05, 3.63) is 18.3 Å². The lowest BCUT2D eigenvalue weighted by Crippen LogP contribution is -2.15. The van der Waals surface area contributed by atoms with Crippen molar-refractivity contribution < 1.29 is 14.3 Å². The molecule has 0 amide bonds. The zero-order chi connectivity index (χ0) is 10.4. The van der Waals surface area contributed by atoms with Crippen LogP contribution in [-0.2, 0) is 9.53 Å². The second-order valence-corrected chi connectivity index (χ2v) is 2.48. The maximum Gasteiger partial charge on any atom is 0.344 e. The summed E-state index contributed by atoms with van der Waals surface area (Å²) in [5.41, 5.74) is 5.49. The van der Waals surface area contributed by atoms with Crippen molar-refractivity contribution in [2.75, 3.05) is 18.9 Å². The minimum absolute atomic E-state index is 0.149. The Balaban J connectivity index is 2.46. The molecule has 0 aromatic carbocycles. The molecule has 14 heavy (non-hydrogen) atoms. The molecule has 76 valence electrons. The van der Waals surface area contributed by atoms with E-state index in [1.165, 1.54) is 0 Å². The fourth-order valence-corrected chi connectivity index (χ4v) is 0.864. The standard InChI is InChI=1S/C9H12N2O3/c1-2-13-8(12)6-14-7-4-3-5-11-9(7)10/h3-5H,2,6H2,1H3,(H2,10,11). The molecule has 0 aliphatic rings. The number of ether oxygens (including phenoxy) is 2. The third-order valence-electron chi connectivity index (χ3n) is 1.45. The Labute approximate surface area is 81.8 Å². The molecule has 1 aromatic heterocycles. The molecule has 0 saturated carbocycles. The normalized spacial score (nSPS) is 9.50. The van der Waals surface area contributed by atoms with Crippen molar-refractivity contribution in [1.29, 1.82) is 0 Å². The van der Waals surface area contributed by atoms with Crippen molar-refractivity contribution in [1.82, 2.24) is 4.98 Å². The first kappa shape index (κ1) is 10.3. The molecule has 1 rings (SSSR count). The van der Waals surface area contributed by atoms with Gasteiger partial charge in [0.25, 0.3) is 0 Å². The number of esters is 1. The van der Waals surface area contributed by atoms with Gasteiger partial charge in [0.1, 0.15) is 0 Å². The Morgan fingerprint density at radius 1 is 1.64 bits per heavy atom. The number of aromatic nitrogens is 1. The van der Waals surface area contributed by atoms with Crippen LogP contribution in [0.4, 0.5) is 5.82 Å². The summed E-state index contributed by atoms with van der Waals surface area (Å²) in [6.07, 6.45) is 1.55. The number of anilines is 1. The highest BCUT2D eigenvalue weighted by molar-refractivity contribution is 5.71. The lowest BCUT2D eigenvalue weighted by Gasteiger charge is -2.06. The van der Waals surface area contributed by atoms with Crippen molar-refractivity contribution in [3.8, 4) is 5.75 Å². The third-order valence-corrected chi connectivity index (χ3v) is 1.45. The average Bonchev–Trinajstić information content (AvgIpc) is 2.17. The van der Waals surface area contributed by atoms with E-state index in [1.807, 2.05) is 0 Å². The fraction of sp³-hybridized carbons (Fsp3) is 0.333. The van der Waals surface area contributed by atoms with E-state index in [0.29, 0.717) is 12.4 Å². The first-order valence-corrected chi connectivity index (χ1v) is 4.23. The summed E-state index contributed by atoms with van der Waals surface area (Å²) >= 11 is 0. The van der Waals surface area contributed by atoms with Gasteiger partial charge in [0.15, 0.2) is 18.2 Å².